The molecule has 1 heterocycles. The van der Waals surface area contributed by atoms with Crippen molar-refractivity contribution < 1.29 is 14.3 Å². The molecule has 1 saturated heterocycles. The van der Waals surface area contributed by atoms with Crippen LogP contribution in [0.3, 0.4) is 0 Å². The molecule has 2 aromatic rings. The summed E-state index contributed by atoms with van der Waals surface area (Å²) in [6.45, 7) is 0. The lowest BCUT2D eigenvalue weighted by Gasteiger charge is -2.24. The quantitative estimate of drug-likeness (QED) is 0.796. The maximum absolute atomic E-state index is 12.9. The van der Waals surface area contributed by atoms with Gasteiger partial charge in [0.05, 0.1) is 6.04 Å². The maximum atomic E-state index is 12.9. The molecule has 5 nitrogen and oxygen atoms in total. The third kappa shape index (κ3) is 3.07. The van der Waals surface area contributed by atoms with E-state index in [9.17, 15) is 14.3 Å². The molecular formula is C17H16FN3O2. The van der Waals surface area contributed by atoms with Gasteiger partial charge in [-0.15, -0.1) is 0 Å². The van der Waals surface area contributed by atoms with Gasteiger partial charge in [-0.2, -0.15) is 0 Å². The highest BCUT2D eigenvalue weighted by atomic mass is 19.1. The summed E-state index contributed by atoms with van der Waals surface area (Å²) in [6, 6.07) is 13.7. The van der Waals surface area contributed by atoms with Crippen LogP contribution >= 0.6 is 0 Å². The zero-order valence-electron chi connectivity index (χ0n) is 12.2. The Bertz CT molecular complexity index is 718. The summed E-state index contributed by atoms with van der Waals surface area (Å²) >= 11 is 0. The first-order chi connectivity index (χ1) is 11.1. The molecule has 23 heavy (non-hydrogen) atoms. The molecule has 2 amide bonds. The third-order valence-corrected chi connectivity index (χ3v) is 3.83. The molecule has 0 saturated carbocycles. The van der Waals surface area contributed by atoms with Crippen molar-refractivity contribution in [2.75, 3.05) is 5.32 Å². The Labute approximate surface area is 132 Å². The number of likely N-dealkylation sites (tertiary alicyclic amines) is 1. The van der Waals surface area contributed by atoms with E-state index in [1.165, 1.54) is 29.2 Å². The van der Waals surface area contributed by atoms with Crippen molar-refractivity contribution in [2.24, 2.45) is 0 Å². The topological polar surface area (TPSA) is 76.4 Å². The van der Waals surface area contributed by atoms with E-state index < -0.39 is 24.0 Å². The summed E-state index contributed by atoms with van der Waals surface area (Å²) < 4.78 is 12.9. The van der Waals surface area contributed by atoms with Crippen molar-refractivity contribution in [1.82, 2.24) is 4.90 Å². The molecule has 2 unspecified atom stereocenters. The number of nitrogens with one attached hydrogen (secondary N) is 2. The number of anilines is 1. The number of aliphatic hydroxyl groups excluding tert-OH is 1. The fourth-order valence-electron chi connectivity index (χ4n) is 2.69. The second kappa shape index (κ2) is 6.18. The van der Waals surface area contributed by atoms with Crippen LogP contribution in [0, 0.1) is 11.2 Å². The van der Waals surface area contributed by atoms with Gasteiger partial charge in [0, 0.05) is 12.1 Å². The number of hydrogen-bond donors (Lipinski definition) is 3. The minimum Gasteiger partial charge on any atom is -0.385 e. The lowest BCUT2D eigenvalue weighted by Crippen LogP contribution is -2.39. The van der Waals surface area contributed by atoms with Crippen LogP contribution in [0.5, 0.6) is 0 Å². The lowest BCUT2D eigenvalue weighted by atomic mass is 10.0. The van der Waals surface area contributed by atoms with Crippen molar-refractivity contribution in [3.63, 3.8) is 0 Å². The minimum atomic E-state index is -0.987. The summed E-state index contributed by atoms with van der Waals surface area (Å²) in [5.74, 6) is -0.534. The minimum absolute atomic E-state index is 0.140. The number of benzene rings is 2. The van der Waals surface area contributed by atoms with Crippen molar-refractivity contribution in [3.05, 3.63) is 66.0 Å². The van der Waals surface area contributed by atoms with Gasteiger partial charge < -0.3 is 10.4 Å². The Morgan fingerprint density at radius 2 is 1.83 bits per heavy atom. The average molecular weight is 313 g/mol. The van der Waals surface area contributed by atoms with E-state index in [2.05, 4.69) is 5.32 Å². The molecular weight excluding hydrogens is 297 g/mol. The first kappa shape index (κ1) is 15.2. The first-order valence-corrected chi connectivity index (χ1v) is 7.23. The van der Waals surface area contributed by atoms with Gasteiger partial charge in [0.25, 0.3) is 0 Å². The van der Waals surface area contributed by atoms with Crippen LogP contribution in [-0.4, -0.2) is 28.0 Å². The molecule has 2 atom stereocenters. The van der Waals surface area contributed by atoms with E-state index in [0.29, 0.717) is 5.69 Å². The average Bonchev–Trinajstić information content (AvgIpc) is 2.86. The number of carbonyl (C=O) groups is 1. The molecule has 0 aliphatic carbocycles. The largest absolute Gasteiger partial charge is 0.385 e. The van der Waals surface area contributed by atoms with E-state index in [1.807, 2.05) is 30.3 Å². The molecule has 0 bridgehead atoms. The van der Waals surface area contributed by atoms with E-state index in [0.717, 1.165) is 5.56 Å². The predicted molar refractivity (Wildman–Crippen MR) is 84.8 cm³/mol. The molecule has 1 aliphatic heterocycles. The first-order valence-electron chi connectivity index (χ1n) is 7.23. The second-order valence-corrected chi connectivity index (χ2v) is 5.37. The Kier molecular flexibility index (Phi) is 4.08. The second-order valence-electron chi connectivity index (χ2n) is 5.37. The number of nitrogens with zero attached hydrogens (tertiary/aromatic N) is 1. The molecule has 0 spiro atoms. The molecule has 2 aromatic carbocycles. The molecule has 0 radical (unpaired) electrons. The number of hydrogen-bond acceptors (Lipinski definition) is 3. The Morgan fingerprint density at radius 1 is 1.17 bits per heavy atom. The van der Waals surface area contributed by atoms with Crippen LogP contribution < -0.4 is 5.32 Å². The molecule has 6 heteroatoms. The van der Waals surface area contributed by atoms with E-state index in [4.69, 9.17) is 5.41 Å². The SMILES string of the molecule is N=C1C(O)CC(c2ccccc2)N1C(=O)Nc1ccc(F)cc1. The summed E-state index contributed by atoms with van der Waals surface area (Å²) in [5, 5.41) is 20.6. The predicted octanol–water partition coefficient (Wildman–Crippen LogP) is 3.14. The van der Waals surface area contributed by atoms with Crippen LogP contribution in [0.2, 0.25) is 0 Å². The van der Waals surface area contributed by atoms with Gasteiger partial charge in [0.2, 0.25) is 0 Å². The molecule has 1 fully saturated rings. The number of urea groups is 1. The molecule has 1 aliphatic rings. The Hall–Kier alpha value is -2.73. The number of rotatable bonds is 2. The fraction of sp³-hybridized carbons (Fsp3) is 0.176. The van der Waals surface area contributed by atoms with Crippen LogP contribution in [0.1, 0.15) is 18.0 Å². The lowest BCUT2D eigenvalue weighted by molar-refractivity contribution is 0.222. The van der Waals surface area contributed by atoms with E-state index in [-0.39, 0.29) is 12.3 Å². The van der Waals surface area contributed by atoms with Crippen molar-refractivity contribution in [1.29, 1.82) is 5.41 Å². The molecule has 118 valence electrons. The monoisotopic (exact) mass is 313 g/mol. The number of halogens is 1. The highest BCUT2D eigenvalue weighted by Crippen LogP contribution is 2.33. The van der Waals surface area contributed by atoms with Gasteiger partial charge in [-0.25, -0.2) is 9.18 Å². The summed E-state index contributed by atoms with van der Waals surface area (Å²) in [7, 11) is 0. The van der Waals surface area contributed by atoms with E-state index >= 15 is 0 Å². The van der Waals surface area contributed by atoms with Crippen LogP contribution in [0.25, 0.3) is 0 Å². The smallest absolute Gasteiger partial charge is 0.327 e. The van der Waals surface area contributed by atoms with Crippen LogP contribution in [-0.2, 0) is 0 Å². The standard InChI is InChI=1S/C17H16FN3O2/c18-12-6-8-13(9-7-12)20-17(23)21-14(10-15(22)16(21)19)11-4-2-1-3-5-11/h1-9,14-15,19,22H,10H2,(H,20,23). The van der Waals surface area contributed by atoms with E-state index in [1.54, 1.807) is 0 Å². The number of aliphatic hydroxyl groups is 1. The Balaban J connectivity index is 1.84. The highest BCUT2D eigenvalue weighted by Gasteiger charge is 2.40. The van der Waals surface area contributed by atoms with Crippen molar-refractivity contribution in [3.8, 4) is 0 Å². The number of carbonyl (C=O) groups excluding carboxylic acids is 1. The van der Waals surface area contributed by atoms with Gasteiger partial charge in [-0.05, 0) is 29.8 Å². The summed E-state index contributed by atoms with van der Waals surface area (Å²) in [6.07, 6.45) is -0.709. The molecule has 3 rings (SSSR count). The number of amides is 2. The molecule has 3 N–H and O–H groups in total. The highest BCUT2D eigenvalue weighted by molar-refractivity contribution is 6.05. The van der Waals surface area contributed by atoms with Gasteiger partial charge in [-0.1, -0.05) is 30.3 Å². The van der Waals surface area contributed by atoms with Crippen molar-refractivity contribution in [2.45, 2.75) is 18.6 Å². The fourth-order valence-corrected chi connectivity index (χ4v) is 2.69. The molecule has 0 aromatic heterocycles. The zero-order chi connectivity index (χ0) is 16.4. The van der Waals surface area contributed by atoms with Crippen LogP contribution in [0.4, 0.5) is 14.9 Å². The number of amidine groups is 1. The van der Waals surface area contributed by atoms with Crippen LogP contribution in [0.15, 0.2) is 54.6 Å². The summed E-state index contributed by atoms with van der Waals surface area (Å²) in [4.78, 5) is 13.7. The van der Waals surface area contributed by atoms with Gasteiger partial charge in [0.1, 0.15) is 17.8 Å². The summed E-state index contributed by atoms with van der Waals surface area (Å²) in [5.41, 5.74) is 1.28. The van der Waals surface area contributed by atoms with Crippen molar-refractivity contribution >= 4 is 17.6 Å². The third-order valence-electron chi connectivity index (χ3n) is 3.83. The van der Waals surface area contributed by atoms with Gasteiger partial charge >= 0.3 is 6.03 Å². The Morgan fingerprint density at radius 3 is 2.48 bits per heavy atom. The van der Waals surface area contributed by atoms with Gasteiger partial charge in [0.15, 0.2) is 0 Å². The maximum Gasteiger partial charge on any atom is 0.327 e. The normalized spacial score (nSPS) is 20.6. The zero-order valence-corrected chi connectivity index (χ0v) is 12.2. The van der Waals surface area contributed by atoms with Gasteiger partial charge in [-0.3, -0.25) is 10.3 Å².